The van der Waals surface area contributed by atoms with Gasteiger partial charge in [-0.1, -0.05) is 34.1 Å². The number of carbonyl (C=O) groups is 2. The Balaban J connectivity index is 1.94. The third kappa shape index (κ3) is 4.12. The number of hydrogen-bond acceptors (Lipinski definition) is 5. The van der Waals surface area contributed by atoms with E-state index < -0.39 is 23.5 Å². The normalized spacial score (nSPS) is 11.8. The van der Waals surface area contributed by atoms with E-state index in [1.165, 1.54) is 17.7 Å². The minimum Gasteiger partial charge on any atom is -0.469 e. The van der Waals surface area contributed by atoms with Gasteiger partial charge < -0.3 is 10.1 Å². The lowest BCUT2D eigenvalue weighted by atomic mass is 10.0. The van der Waals surface area contributed by atoms with Gasteiger partial charge in [0.25, 0.3) is 11.5 Å². The number of pyridine rings is 1. The topological polar surface area (TPSA) is 89.8 Å². The standard InChI is InChI=1S/C20H18BrN3O4/c1-12-4-3-9-24-18(12)22-11-15(20(24)27)19(26)23-16(10-17(25)28-2)13-5-7-14(21)8-6-13/h3-9,11,16H,10H2,1-2H3,(H,23,26). The van der Waals surface area contributed by atoms with E-state index in [2.05, 4.69) is 26.2 Å². The number of benzene rings is 1. The molecule has 0 radical (unpaired) electrons. The molecule has 0 aliphatic heterocycles. The van der Waals surface area contributed by atoms with Crippen molar-refractivity contribution in [2.24, 2.45) is 0 Å². The first-order valence-corrected chi connectivity index (χ1v) is 9.30. The summed E-state index contributed by atoms with van der Waals surface area (Å²) in [7, 11) is 1.28. The number of methoxy groups -OCH3 is 1. The Kier molecular flexibility index (Phi) is 5.89. The second-order valence-electron chi connectivity index (χ2n) is 6.22. The molecule has 3 rings (SSSR count). The number of nitrogens with zero attached hydrogens (tertiary/aromatic N) is 2. The van der Waals surface area contributed by atoms with Crippen molar-refractivity contribution < 1.29 is 14.3 Å². The number of esters is 1. The molecule has 7 nitrogen and oxygen atoms in total. The fraction of sp³-hybridized carbons (Fsp3) is 0.200. The van der Waals surface area contributed by atoms with E-state index in [4.69, 9.17) is 4.74 Å². The summed E-state index contributed by atoms with van der Waals surface area (Å²) in [6.45, 7) is 1.83. The van der Waals surface area contributed by atoms with Crippen LogP contribution in [0.15, 0.2) is 58.1 Å². The first kappa shape index (κ1) is 19.8. The van der Waals surface area contributed by atoms with Crippen LogP contribution >= 0.6 is 15.9 Å². The molecule has 1 unspecified atom stereocenters. The van der Waals surface area contributed by atoms with Crippen LogP contribution in [0.2, 0.25) is 0 Å². The number of hydrogen-bond donors (Lipinski definition) is 1. The van der Waals surface area contributed by atoms with Gasteiger partial charge in [-0.2, -0.15) is 0 Å². The molecule has 8 heteroatoms. The molecule has 0 aliphatic carbocycles. The van der Waals surface area contributed by atoms with Crippen molar-refractivity contribution in [2.45, 2.75) is 19.4 Å². The van der Waals surface area contributed by atoms with Crippen molar-refractivity contribution >= 4 is 33.5 Å². The van der Waals surface area contributed by atoms with Gasteiger partial charge >= 0.3 is 5.97 Å². The molecule has 1 amide bonds. The second-order valence-corrected chi connectivity index (χ2v) is 7.14. The SMILES string of the molecule is COC(=O)CC(NC(=O)c1cnc2c(C)cccn2c1=O)c1ccc(Br)cc1. The molecule has 0 bridgehead atoms. The number of fused-ring (bicyclic) bond motifs is 1. The summed E-state index contributed by atoms with van der Waals surface area (Å²) in [6, 6.07) is 10.1. The summed E-state index contributed by atoms with van der Waals surface area (Å²) in [4.78, 5) is 41.6. The van der Waals surface area contributed by atoms with Gasteiger partial charge in [0.2, 0.25) is 0 Å². The van der Waals surface area contributed by atoms with Crippen molar-refractivity contribution in [1.82, 2.24) is 14.7 Å². The van der Waals surface area contributed by atoms with Gasteiger partial charge in [-0.25, -0.2) is 4.98 Å². The minimum absolute atomic E-state index is 0.0642. The molecule has 144 valence electrons. The quantitative estimate of drug-likeness (QED) is 0.612. The number of rotatable bonds is 5. The van der Waals surface area contributed by atoms with Crippen LogP contribution in [-0.4, -0.2) is 28.4 Å². The average molecular weight is 444 g/mol. The van der Waals surface area contributed by atoms with Crippen molar-refractivity contribution in [1.29, 1.82) is 0 Å². The van der Waals surface area contributed by atoms with E-state index in [0.29, 0.717) is 11.2 Å². The zero-order chi connectivity index (χ0) is 20.3. The number of halogens is 1. The fourth-order valence-electron chi connectivity index (χ4n) is 2.84. The maximum absolute atomic E-state index is 12.8. The smallest absolute Gasteiger partial charge is 0.307 e. The Bertz CT molecular complexity index is 1090. The van der Waals surface area contributed by atoms with Crippen molar-refractivity contribution in [2.75, 3.05) is 7.11 Å². The lowest BCUT2D eigenvalue weighted by molar-refractivity contribution is -0.141. The van der Waals surface area contributed by atoms with Crippen molar-refractivity contribution in [3.8, 4) is 0 Å². The Morgan fingerprint density at radius 1 is 1.25 bits per heavy atom. The predicted octanol–water partition coefficient (Wildman–Crippen LogP) is 2.80. The Morgan fingerprint density at radius 3 is 2.64 bits per heavy atom. The third-order valence-corrected chi connectivity index (χ3v) is 4.88. The molecule has 28 heavy (non-hydrogen) atoms. The molecule has 0 saturated carbocycles. The van der Waals surface area contributed by atoms with Crippen LogP contribution in [0.4, 0.5) is 0 Å². The van der Waals surface area contributed by atoms with E-state index in [-0.39, 0.29) is 12.0 Å². The highest BCUT2D eigenvalue weighted by Gasteiger charge is 2.22. The summed E-state index contributed by atoms with van der Waals surface area (Å²) >= 11 is 3.35. The van der Waals surface area contributed by atoms with E-state index in [0.717, 1.165) is 10.0 Å². The first-order valence-electron chi connectivity index (χ1n) is 8.51. The van der Waals surface area contributed by atoms with Gasteiger partial charge in [0.15, 0.2) is 0 Å². The number of aromatic nitrogens is 2. The van der Waals surface area contributed by atoms with E-state index >= 15 is 0 Å². The maximum Gasteiger partial charge on any atom is 0.307 e. The zero-order valence-corrected chi connectivity index (χ0v) is 16.9. The summed E-state index contributed by atoms with van der Waals surface area (Å²) in [6.07, 6.45) is 2.76. The van der Waals surface area contributed by atoms with Gasteiger partial charge in [-0.15, -0.1) is 0 Å². The van der Waals surface area contributed by atoms with Gasteiger partial charge in [0.05, 0.1) is 19.6 Å². The van der Waals surface area contributed by atoms with Crippen LogP contribution in [-0.2, 0) is 9.53 Å². The van der Waals surface area contributed by atoms with Gasteiger partial charge in [-0.3, -0.25) is 18.8 Å². The van der Waals surface area contributed by atoms with Gasteiger partial charge in [0.1, 0.15) is 11.2 Å². The number of ether oxygens (including phenoxy) is 1. The van der Waals surface area contributed by atoms with Crippen LogP contribution in [0.3, 0.4) is 0 Å². The number of carbonyl (C=O) groups excluding carboxylic acids is 2. The molecule has 2 aromatic heterocycles. The highest BCUT2D eigenvalue weighted by Crippen LogP contribution is 2.20. The van der Waals surface area contributed by atoms with Gasteiger partial charge in [0, 0.05) is 16.9 Å². The Labute approximate surface area is 169 Å². The lowest BCUT2D eigenvalue weighted by Crippen LogP contribution is -2.35. The average Bonchev–Trinajstić information content (AvgIpc) is 2.68. The molecule has 1 aromatic carbocycles. The van der Waals surface area contributed by atoms with Crippen LogP contribution in [0.5, 0.6) is 0 Å². The van der Waals surface area contributed by atoms with E-state index in [9.17, 15) is 14.4 Å². The molecule has 1 atom stereocenters. The molecule has 0 spiro atoms. The Morgan fingerprint density at radius 2 is 1.96 bits per heavy atom. The fourth-order valence-corrected chi connectivity index (χ4v) is 3.10. The Hall–Kier alpha value is -3.00. The molecule has 3 aromatic rings. The molecule has 0 aliphatic rings. The zero-order valence-electron chi connectivity index (χ0n) is 15.3. The van der Waals surface area contributed by atoms with Crippen LogP contribution < -0.4 is 10.9 Å². The van der Waals surface area contributed by atoms with Crippen LogP contribution in [0, 0.1) is 6.92 Å². The second kappa shape index (κ2) is 8.35. The maximum atomic E-state index is 12.8. The number of amides is 1. The highest BCUT2D eigenvalue weighted by atomic mass is 79.9. The van der Waals surface area contributed by atoms with Crippen molar-refractivity contribution in [3.05, 3.63) is 80.3 Å². The summed E-state index contributed by atoms with van der Waals surface area (Å²) in [5.74, 6) is -1.08. The summed E-state index contributed by atoms with van der Waals surface area (Å²) in [5.41, 5.74) is 1.45. The minimum atomic E-state index is -0.648. The highest BCUT2D eigenvalue weighted by molar-refractivity contribution is 9.10. The number of aryl methyl sites for hydroxylation is 1. The van der Waals surface area contributed by atoms with Crippen LogP contribution in [0.1, 0.15) is 33.9 Å². The molecular weight excluding hydrogens is 426 g/mol. The summed E-state index contributed by atoms with van der Waals surface area (Å²) in [5, 5.41) is 2.75. The first-order chi connectivity index (χ1) is 13.4. The third-order valence-electron chi connectivity index (χ3n) is 4.35. The molecule has 0 saturated heterocycles. The molecule has 1 N–H and O–H groups in total. The van der Waals surface area contributed by atoms with Crippen molar-refractivity contribution in [3.63, 3.8) is 0 Å². The number of nitrogens with one attached hydrogen (secondary N) is 1. The van der Waals surface area contributed by atoms with E-state index in [1.807, 2.05) is 13.0 Å². The molecule has 0 fully saturated rings. The van der Waals surface area contributed by atoms with Gasteiger partial charge in [-0.05, 0) is 36.2 Å². The largest absolute Gasteiger partial charge is 0.469 e. The monoisotopic (exact) mass is 443 g/mol. The lowest BCUT2D eigenvalue weighted by Gasteiger charge is -2.18. The van der Waals surface area contributed by atoms with Crippen LogP contribution in [0.25, 0.3) is 5.65 Å². The predicted molar refractivity (Wildman–Crippen MR) is 107 cm³/mol. The molecular formula is C20H18BrN3O4. The molecule has 2 heterocycles. The van der Waals surface area contributed by atoms with E-state index in [1.54, 1.807) is 36.5 Å². The summed E-state index contributed by atoms with van der Waals surface area (Å²) < 4.78 is 6.93.